The molecule has 0 saturated heterocycles. The molecule has 1 rings (SSSR count). The van der Waals surface area contributed by atoms with Gasteiger partial charge in [0.25, 0.3) is 0 Å². The van der Waals surface area contributed by atoms with Gasteiger partial charge in [0.2, 0.25) is 0 Å². The summed E-state index contributed by atoms with van der Waals surface area (Å²) >= 11 is 4.96. The minimum atomic E-state index is 0.668. The molecule has 0 amide bonds. The number of nitrogens with one attached hydrogen (secondary N) is 3. The zero-order valence-electron chi connectivity index (χ0n) is 10.5. The summed E-state index contributed by atoms with van der Waals surface area (Å²) in [7, 11) is 1.80. The molecule has 0 aromatic carbocycles. The molecule has 0 aliphatic heterocycles. The van der Waals surface area contributed by atoms with E-state index in [4.69, 9.17) is 12.2 Å². The van der Waals surface area contributed by atoms with Gasteiger partial charge in [0, 0.05) is 44.1 Å². The van der Waals surface area contributed by atoms with Gasteiger partial charge >= 0.3 is 0 Å². The second-order valence-electron chi connectivity index (χ2n) is 3.71. The smallest absolute Gasteiger partial charge is 0.166 e. The van der Waals surface area contributed by atoms with Crippen LogP contribution in [0.3, 0.4) is 0 Å². The van der Waals surface area contributed by atoms with Crippen molar-refractivity contribution in [3.63, 3.8) is 0 Å². The molecule has 0 atom stereocenters. The Morgan fingerprint density at radius 2 is 2.12 bits per heavy atom. The number of hydrogen-bond donors (Lipinski definition) is 3. The molecule has 0 spiro atoms. The lowest BCUT2D eigenvalue weighted by Crippen LogP contribution is -2.37. The van der Waals surface area contributed by atoms with Crippen molar-refractivity contribution >= 4 is 17.3 Å². The van der Waals surface area contributed by atoms with Crippen LogP contribution < -0.4 is 16.0 Å². The van der Waals surface area contributed by atoms with Gasteiger partial charge in [0.1, 0.15) is 5.82 Å². The van der Waals surface area contributed by atoms with Gasteiger partial charge in [-0.3, -0.25) is 0 Å². The predicted octanol–water partition coefficient (Wildman–Crippen LogP) is 0.277. The Labute approximate surface area is 107 Å². The summed E-state index contributed by atoms with van der Waals surface area (Å²) in [5.74, 6) is 0.812. The van der Waals surface area contributed by atoms with Crippen molar-refractivity contribution in [3.05, 3.63) is 23.3 Å². The first-order valence-corrected chi connectivity index (χ1v) is 5.99. The highest BCUT2D eigenvalue weighted by Gasteiger charge is 2.00. The number of aromatic nitrogens is 2. The monoisotopic (exact) mass is 253 g/mol. The summed E-state index contributed by atoms with van der Waals surface area (Å²) in [4.78, 5) is 8.50. The van der Waals surface area contributed by atoms with E-state index in [1.54, 1.807) is 7.05 Å². The van der Waals surface area contributed by atoms with Crippen LogP contribution in [0.15, 0.2) is 6.20 Å². The normalized spacial score (nSPS) is 10.1. The Bertz CT molecular complexity index is 380. The van der Waals surface area contributed by atoms with Gasteiger partial charge in [-0.15, -0.1) is 0 Å². The van der Waals surface area contributed by atoms with Crippen LogP contribution in [0, 0.1) is 13.8 Å². The fraction of sp³-hybridized carbons (Fsp3) is 0.545. The first-order valence-electron chi connectivity index (χ1n) is 5.59. The highest BCUT2D eigenvalue weighted by atomic mass is 32.1. The summed E-state index contributed by atoms with van der Waals surface area (Å²) in [5.41, 5.74) is 2.16. The second kappa shape index (κ2) is 7.13. The number of hydrogen-bond acceptors (Lipinski definition) is 4. The highest BCUT2D eigenvalue weighted by Crippen LogP contribution is 2.02. The maximum atomic E-state index is 4.96. The van der Waals surface area contributed by atoms with Crippen molar-refractivity contribution in [1.29, 1.82) is 0 Å². The Balaban J connectivity index is 2.24. The zero-order chi connectivity index (χ0) is 12.7. The van der Waals surface area contributed by atoms with Gasteiger partial charge in [-0.2, -0.15) is 0 Å². The van der Waals surface area contributed by atoms with Gasteiger partial charge in [0.05, 0.1) is 0 Å². The van der Waals surface area contributed by atoms with Gasteiger partial charge < -0.3 is 16.0 Å². The largest absolute Gasteiger partial charge is 0.366 e. The van der Waals surface area contributed by atoms with Gasteiger partial charge in [-0.05, 0) is 26.1 Å². The number of aryl methyl sites for hydroxylation is 2. The van der Waals surface area contributed by atoms with E-state index in [1.165, 1.54) is 0 Å². The summed E-state index contributed by atoms with van der Waals surface area (Å²) < 4.78 is 0. The average Bonchev–Trinajstić information content (AvgIpc) is 2.30. The lowest BCUT2D eigenvalue weighted by atomic mass is 10.2. The van der Waals surface area contributed by atoms with Crippen LogP contribution in [0.4, 0.5) is 0 Å². The van der Waals surface area contributed by atoms with Crippen molar-refractivity contribution in [2.45, 2.75) is 20.4 Å². The van der Waals surface area contributed by atoms with E-state index >= 15 is 0 Å². The van der Waals surface area contributed by atoms with Crippen molar-refractivity contribution in [2.75, 3.05) is 20.1 Å². The topological polar surface area (TPSA) is 61.9 Å². The van der Waals surface area contributed by atoms with Crippen LogP contribution >= 0.6 is 12.2 Å². The molecular formula is C11H19N5S. The van der Waals surface area contributed by atoms with Crippen molar-refractivity contribution in [3.8, 4) is 0 Å². The molecule has 0 fully saturated rings. The second-order valence-corrected chi connectivity index (χ2v) is 4.12. The highest BCUT2D eigenvalue weighted by molar-refractivity contribution is 7.80. The zero-order valence-corrected chi connectivity index (χ0v) is 11.3. The standard InChI is InChI=1S/C11H19N5S/c1-8-10(7-15-9(2)16-8)6-13-4-5-14-11(17)12-3/h7,13H,4-6H2,1-3H3,(H2,12,14,17). The summed E-state index contributed by atoms with van der Waals surface area (Å²) in [6.07, 6.45) is 1.87. The first kappa shape index (κ1) is 13.8. The van der Waals surface area contributed by atoms with Crippen LogP contribution in [0.25, 0.3) is 0 Å². The Hall–Kier alpha value is -1.27. The SMILES string of the molecule is CNC(=S)NCCNCc1cnc(C)nc1C. The molecule has 0 saturated carbocycles. The molecule has 0 unspecified atom stereocenters. The van der Waals surface area contributed by atoms with E-state index in [2.05, 4.69) is 25.9 Å². The molecule has 1 heterocycles. The fourth-order valence-corrected chi connectivity index (χ4v) is 1.46. The molecule has 94 valence electrons. The minimum Gasteiger partial charge on any atom is -0.366 e. The van der Waals surface area contributed by atoms with Gasteiger partial charge in [-0.1, -0.05) is 0 Å². The molecule has 17 heavy (non-hydrogen) atoms. The van der Waals surface area contributed by atoms with Crippen molar-refractivity contribution < 1.29 is 0 Å². The summed E-state index contributed by atoms with van der Waals surface area (Å²) in [5, 5.41) is 9.91. The Morgan fingerprint density at radius 1 is 1.35 bits per heavy atom. The maximum Gasteiger partial charge on any atom is 0.166 e. The average molecular weight is 253 g/mol. The molecule has 1 aromatic heterocycles. The quantitative estimate of drug-likeness (QED) is 0.517. The van der Waals surface area contributed by atoms with Gasteiger partial charge in [-0.25, -0.2) is 9.97 Å². The fourth-order valence-electron chi connectivity index (χ4n) is 1.36. The molecule has 0 aliphatic rings. The predicted molar refractivity (Wildman–Crippen MR) is 72.9 cm³/mol. The van der Waals surface area contributed by atoms with Crippen LogP contribution in [0.2, 0.25) is 0 Å². The molecule has 3 N–H and O–H groups in total. The number of nitrogens with zero attached hydrogens (tertiary/aromatic N) is 2. The lowest BCUT2D eigenvalue weighted by Gasteiger charge is -2.09. The molecule has 0 bridgehead atoms. The Kier molecular flexibility index (Phi) is 5.79. The molecule has 5 nitrogen and oxygen atoms in total. The first-order chi connectivity index (χ1) is 8.13. The van der Waals surface area contributed by atoms with Crippen LogP contribution in [0.5, 0.6) is 0 Å². The maximum absolute atomic E-state index is 4.96. The van der Waals surface area contributed by atoms with Crippen LogP contribution in [-0.2, 0) is 6.54 Å². The minimum absolute atomic E-state index is 0.668. The molecule has 0 aliphatic carbocycles. The number of rotatable bonds is 5. The summed E-state index contributed by atoms with van der Waals surface area (Å²) in [6.45, 7) is 6.31. The van der Waals surface area contributed by atoms with E-state index in [0.717, 1.165) is 36.7 Å². The van der Waals surface area contributed by atoms with Crippen molar-refractivity contribution in [2.24, 2.45) is 0 Å². The molecule has 0 radical (unpaired) electrons. The lowest BCUT2D eigenvalue weighted by molar-refractivity contribution is 0.663. The van der Waals surface area contributed by atoms with Crippen LogP contribution in [0.1, 0.15) is 17.1 Å². The molecule has 6 heteroatoms. The molecular weight excluding hydrogens is 234 g/mol. The van der Waals surface area contributed by atoms with E-state index < -0.39 is 0 Å². The summed E-state index contributed by atoms with van der Waals surface area (Å²) in [6, 6.07) is 0. The van der Waals surface area contributed by atoms with E-state index in [1.807, 2.05) is 20.0 Å². The number of thiocarbonyl (C=S) groups is 1. The van der Waals surface area contributed by atoms with E-state index in [0.29, 0.717) is 5.11 Å². The van der Waals surface area contributed by atoms with Crippen LogP contribution in [-0.4, -0.2) is 35.2 Å². The van der Waals surface area contributed by atoms with Crippen molar-refractivity contribution in [1.82, 2.24) is 25.9 Å². The Morgan fingerprint density at radius 3 is 2.76 bits per heavy atom. The third-order valence-corrected chi connectivity index (χ3v) is 2.68. The third-order valence-electron chi connectivity index (χ3n) is 2.33. The third kappa shape index (κ3) is 5.06. The van der Waals surface area contributed by atoms with E-state index in [9.17, 15) is 0 Å². The van der Waals surface area contributed by atoms with Gasteiger partial charge in [0.15, 0.2) is 5.11 Å². The van der Waals surface area contributed by atoms with E-state index in [-0.39, 0.29) is 0 Å². The molecule has 1 aromatic rings.